The number of carbonyl (C=O) groups excluding carboxylic acids is 3. The minimum Gasteiger partial charge on any atom is -0.492 e. The Bertz CT molecular complexity index is 1850. The predicted octanol–water partition coefficient (Wildman–Crippen LogP) is 4.99. The normalized spacial score (nSPS) is 21.8. The summed E-state index contributed by atoms with van der Waals surface area (Å²) in [6.45, 7) is 4.64. The zero-order valence-corrected chi connectivity index (χ0v) is 30.9. The maximum absolute atomic E-state index is 14.1. The second-order valence-electron chi connectivity index (χ2n) is 15.0. The Morgan fingerprint density at radius 2 is 1.50 bits per heavy atom. The average molecular weight is 730 g/mol. The molecule has 7 rings (SSSR count). The van der Waals surface area contributed by atoms with Crippen molar-refractivity contribution in [1.29, 1.82) is 0 Å². The predicted molar refractivity (Wildman–Crippen MR) is 207 cm³/mol. The van der Waals surface area contributed by atoms with Gasteiger partial charge in [0.05, 0.1) is 31.9 Å². The topological polar surface area (TPSA) is 108 Å². The SMILES string of the molecule is O=C(C[C@@H](Cc1ccc(OCCN2CCOCC2)cc1)C(=O)NC1c2ccccc2C[C@H]1O)CN1C(=O)[C@@H](Cc2ccccc2)C[C@@H]1Cc1ccccc1. The van der Waals surface area contributed by atoms with Crippen molar-refractivity contribution >= 4 is 17.6 Å². The molecule has 282 valence electrons. The van der Waals surface area contributed by atoms with Gasteiger partial charge in [0, 0.05) is 50.4 Å². The van der Waals surface area contributed by atoms with Crippen molar-refractivity contribution in [3.63, 3.8) is 0 Å². The van der Waals surface area contributed by atoms with Crippen LogP contribution in [0.4, 0.5) is 0 Å². The molecule has 0 bridgehead atoms. The number of aliphatic hydroxyl groups is 1. The van der Waals surface area contributed by atoms with Crippen molar-refractivity contribution < 1.29 is 29.0 Å². The van der Waals surface area contributed by atoms with Gasteiger partial charge in [-0.3, -0.25) is 19.3 Å². The number of Topliss-reactive ketones (excluding diaryl/α,β-unsaturated/α-hetero) is 1. The van der Waals surface area contributed by atoms with Crippen molar-refractivity contribution in [3.05, 3.63) is 137 Å². The van der Waals surface area contributed by atoms with E-state index in [2.05, 4.69) is 22.3 Å². The Balaban J connectivity index is 1.05. The number of amides is 2. The molecule has 0 spiro atoms. The first kappa shape index (κ1) is 37.5. The summed E-state index contributed by atoms with van der Waals surface area (Å²) in [4.78, 5) is 46.2. The number of nitrogens with one attached hydrogen (secondary N) is 1. The molecular formula is C45H51N3O6. The summed E-state index contributed by atoms with van der Waals surface area (Å²) in [5.41, 5.74) is 5.03. The first-order valence-corrected chi connectivity index (χ1v) is 19.4. The average Bonchev–Trinajstić information content (AvgIpc) is 3.66. The monoisotopic (exact) mass is 729 g/mol. The van der Waals surface area contributed by atoms with Crippen molar-refractivity contribution in [2.75, 3.05) is 46.0 Å². The molecule has 54 heavy (non-hydrogen) atoms. The zero-order valence-electron chi connectivity index (χ0n) is 30.9. The Labute approximate surface area is 318 Å². The van der Waals surface area contributed by atoms with E-state index in [9.17, 15) is 19.5 Å². The van der Waals surface area contributed by atoms with E-state index in [-0.39, 0.29) is 42.5 Å². The van der Waals surface area contributed by atoms with E-state index in [0.717, 1.165) is 66.4 Å². The van der Waals surface area contributed by atoms with Crippen LogP contribution in [0.15, 0.2) is 109 Å². The molecule has 1 unspecified atom stereocenters. The number of fused-ring (bicyclic) bond motifs is 1. The van der Waals surface area contributed by atoms with Gasteiger partial charge in [0.15, 0.2) is 5.78 Å². The molecule has 2 heterocycles. The van der Waals surface area contributed by atoms with Gasteiger partial charge >= 0.3 is 0 Å². The third-order valence-electron chi connectivity index (χ3n) is 11.1. The number of aliphatic hydroxyl groups excluding tert-OH is 1. The maximum atomic E-state index is 14.1. The van der Waals surface area contributed by atoms with E-state index >= 15 is 0 Å². The standard InChI is InChI=1S/C45H51N3O6/c49-39(31-48-38(27-33-11-5-2-6-12-33)28-37(45(48)52)26-32-9-3-1-4-10-32)29-36(44(51)46-43-41-14-8-7-13-35(41)30-42(43)50)25-34-15-17-40(18-16-34)54-24-21-47-19-22-53-23-20-47/h1-18,36-38,42-43,50H,19-31H2,(H,46,51)/t36-,37+,38+,42-,43?/m1/s1. The van der Waals surface area contributed by atoms with Gasteiger partial charge in [0.1, 0.15) is 12.4 Å². The van der Waals surface area contributed by atoms with E-state index in [1.54, 1.807) is 4.90 Å². The first-order chi connectivity index (χ1) is 26.4. The summed E-state index contributed by atoms with van der Waals surface area (Å²) in [5, 5.41) is 14.0. The molecule has 9 heteroatoms. The summed E-state index contributed by atoms with van der Waals surface area (Å²) in [5.74, 6) is -0.619. The van der Waals surface area contributed by atoms with Gasteiger partial charge in [0.2, 0.25) is 11.8 Å². The number of hydrogen-bond acceptors (Lipinski definition) is 7. The number of rotatable bonds is 16. The number of likely N-dealkylation sites (tertiary alicyclic amines) is 1. The van der Waals surface area contributed by atoms with Gasteiger partial charge in [-0.25, -0.2) is 0 Å². The van der Waals surface area contributed by atoms with Crippen molar-refractivity contribution in [1.82, 2.24) is 15.1 Å². The number of hydrogen-bond donors (Lipinski definition) is 2. The summed E-state index contributed by atoms with van der Waals surface area (Å²) in [6.07, 6.45) is 1.96. The van der Waals surface area contributed by atoms with Crippen LogP contribution in [0.25, 0.3) is 0 Å². The lowest BCUT2D eigenvalue weighted by Gasteiger charge is -2.26. The zero-order chi connectivity index (χ0) is 37.3. The Morgan fingerprint density at radius 1 is 0.833 bits per heavy atom. The van der Waals surface area contributed by atoms with E-state index in [4.69, 9.17) is 9.47 Å². The fraction of sp³-hybridized carbons (Fsp3) is 0.400. The molecule has 4 aromatic rings. The minimum absolute atomic E-state index is 0.0102. The van der Waals surface area contributed by atoms with Crippen molar-refractivity contribution in [2.45, 2.75) is 56.7 Å². The summed E-state index contributed by atoms with van der Waals surface area (Å²) in [6, 6.07) is 34.9. The van der Waals surface area contributed by atoms with Crippen LogP contribution >= 0.6 is 0 Å². The third kappa shape index (κ3) is 9.63. The molecule has 3 aliphatic rings. The van der Waals surface area contributed by atoms with E-state index in [1.165, 1.54) is 0 Å². The molecule has 0 saturated carbocycles. The van der Waals surface area contributed by atoms with Gasteiger partial charge < -0.3 is 24.8 Å². The minimum atomic E-state index is -0.751. The largest absolute Gasteiger partial charge is 0.492 e. The van der Waals surface area contributed by atoms with Crippen molar-refractivity contribution in [2.24, 2.45) is 11.8 Å². The highest BCUT2D eigenvalue weighted by Crippen LogP contribution is 2.33. The van der Waals surface area contributed by atoms with Crippen LogP contribution in [-0.2, 0) is 44.8 Å². The molecule has 2 aliphatic heterocycles. The number of ether oxygens (including phenoxy) is 2. The molecular weight excluding hydrogens is 679 g/mol. The smallest absolute Gasteiger partial charge is 0.226 e. The molecule has 2 amide bonds. The fourth-order valence-corrected chi connectivity index (χ4v) is 8.26. The van der Waals surface area contributed by atoms with Crippen LogP contribution < -0.4 is 10.1 Å². The van der Waals surface area contributed by atoms with Gasteiger partial charge in [-0.1, -0.05) is 97.1 Å². The van der Waals surface area contributed by atoms with E-state index in [1.807, 2.05) is 97.1 Å². The summed E-state index contributed by atoms with van der Waals surface area (Å²) in [7, 11) is 0. The van der Waals surface area contributed by atoms with Crippen LogP contribution in [0, 0.1) is 11.8 Å². The molecule has 2 N–H and O–H groups in total. The second kappa shape index (κ2) is 18.0. The third-order valence-corrected chi connectivity index (χ3v) is 11.1. The van der Waals surface area contributed by atoms with Gasteiger partial charge in [0.25, 0.3) is 0 Å². The van der Waals surface area contributed by atoms with Crippen LogP contribution in [0.5, 0.6) is 5.75 Å². The Kier molecular flexibility index (Phi) is 12.5. The number of carbonyl (C=O) groups is 3. The van der Waals surface area contributed by atoms with Crippen molar-refractivity contribution in [3.8, 4) is 5.75 Å². The molecule has 1 aliphatic carbocycles. The molecule has 2 saturated heterocycles. The number of nitrogens with zero attached hydrogens (tertiary/aromatic N) is 2. The maximum Gasteiger partial charge on any atom is 0.226 e. The van der Waals surface area contributed by atoms with Crippen LogP contribution in [-0.4, -0.2) is 90.6 Å². The second-order valence-corrected chi connectivity index (χ2v) is 15.0. The fourth-order valence-electron chi connectivity index (χ4n) is 8.26. The molecule has 0 radical (unpaired) electrons. The lowest BCUT2D eigenvalue weighted by atomic mass is 9.92. The van der Waals surface area contributed by atoms with E-state index < -0.39 is 18.1 Å². The Hall–Kier alpha value is -4.83. The highest BCUT2D eigenvalue weighted by Gasteiger charge is 2.41. The molecule has 5 atom stereocenters. The molecule has 4 aromatic carbocycles. The van der Waals surface area contributed by atoms with Crippen LogP contribution in [0.3, 0.4) is 0 Å². The van der Waals surface area contributed by atoms with Crippen LogP contribution in [0.1, 0.15) is 46.7 Å². The Morgan fingerprint density at radius 3 is 2.22 bits per heavy atom. The van der Waals surface area contributed by atoms with E-state index in [0.29, 0.717) is 38.7 Å². The number of ketones is 1. The van der Waals surface area contributed by atoms with Gasteiger partial charge in [-0.05, 0) is 65.6 Å². The lowest BCUT2D eigenvalue weighted by Crippen LogP contribution is -2.42. The molecule has 0 aromatic heterocycles. The first-order valence-electron chi connectivity index (χ1n) is 19.4. The highest BCUT2D eigenvalue weighted by molar-refractivity contribution is 5.92. The van der Waals surface area contributed by atoms with Crippen LogP contribution in [0.2, 0.25) is 0 Å². The number of benzene rings is 4. The van der Waals surface area contributed by atoms with Gasteiger partial charge in [-0.15, -0.1) is 0 Å². The lowest BCUT2D eigenvalue weighted by molar-refractivity contribution is -0.137. The highest BCUT2D eigenvalue weighted by atomic mass is 16.5. The number of morpholine rings is 1. The molecule has 2 fully saturated rings. The summed E-state index contributed by atoms with van der Waals surface area (Å²) >= 11 is 0. The summed E-state index contributed by atoms with van der Waals surface area (Å²) < 4.78 is 11.5. The quantitative estimate of drug-likeness (QED) is 0.167. The molecule has 9 nitrogen and oxygen atoms in total. The van der Waals surface area contributed by atoms with Gasteiger partial charge in [-0.2, -0.15) is 0 Å².